The third kappa shape index (κ3) is 6.71. The molecule has 36 heavy (non-hydrogen) atoms. The van der Waals surface area contributed by atoms with Crippen LogP contribution in [0, 0.1) is 0 Å². The van der Waals surface area contributed by atoms with Crippen molar-refractivity contribution >= 4 is 28.1 Å². The Morgan fingerprint density at radius 1 is 0.889 bits per heavy atom. The van der Waals surface area contributed by atoms with E-state index in [4.69, 9.17) is 16.3 Å². The molecule has 2 N–H and O–H groups in total. The topological polar surface area (TPSA) is 41.5 Å². The van der Waals surface area contributed by atoms with Crippen LogP contribution in [-0.4, -0.2) is 18.3 Å². The fourth-order valence-electron chi connectivity index (χ4n) is 4.21. The van der Waals surface area contributed by atoms with Gasteiger partial charge in [0.05, 0.1) is 24.8 Å². The number of hydrogen-bond donors (Lipinski definition) is 2. The van der Waals surface area contributed by atoms with Crippen molar-refractivity contribution in [3.8, 4) is 5.75 Å². The zero-order valence-electron chi connectivity index (χ0n) is 19.7. The Bertz CT molecular complexity index is 1290. The molecule has 0 amide bonds. The third-order valence-electron chi connectivity index (χ3n) is 6.21. The minimum Gasteiger partial charge on any atom is -0.497 e. The van der Waals surface area contributed by atoms with Gasteiger partial charge in [0.1, 0.15) is 5.75 Å². The number of nitrogens with one attached hydrogen (secondary N) is 1. The highest BCUT2D eigenvalue weighted by molar-refractivity contribution is 6.30. The number of halogens is 4. The number of aliphatic hydroxyl groups is 1. The lowest BCUT2D eigenvalue weighted by Gasteiger charge is -2.24. The first-order valence-corrected chi connectivity index (χ1v) is 12.0. The van der Waals surface area contributed by atoms with Crippen molar-refractivity contribution in [1.82, 2.24) is 0 Å². The van der Waals surface area contributed by atoms with E-state index in [0.717, 1.165) is 39.8 Å². The van der Waals surface area contributed by atoms with E-state index in [-0.39, 0.29) is 6.04 Å². The molecule has 0 saturated heterocycles. The lowest BCUT2D eigenvalue weighted by atomic mass is 9.96. The number of fused-ring (bicyclic) bond motifs is 1. The maximum absolute atomic E-state index is 12.9. The van der Waals surface area contributed by atoms with Gasteiger partial charge in [0.15, 0.2) is 0 Å². The van der Waals surface area contributed by atoms with Crippen LogP contribution in [0.3, 0.4) is 0 Å². The minimum absolute atomic E-state index is 0.307. The second-order valence-electron chi connectivity index (χ2n) is 8.80. The van der Waals surface area contributed by atoms with Crippen LogP contribution in [0.2, 0.25) is 5.02 Å². The molecule has 0 aliphatic heterocycles. The number of rotatable bonds is 9. The van der Waals surface area contributed by atoms with E-state index in [9.17, 15) is 18.3 Å². The molecule has 2 atom stereocenters. The molecule has 0 aliphatic carbocycles. The van der Waals surface area contributed by atoms with Gasteiger partial charge in [-0.2, -0.15) is 13.2 Å². The van der Waals surface area contributed by atoms with Gasteiger partial charge in [-0.15, -0.1) is 0 Å². The monoisotopic (exact) mass is 513 g/mol. The molecule has 2 unspecified atom stereocenters. The predicted molar refractivity (Wildman–Crippen MR) is 139 cm³/mol. The van der Waals surface area contributed by atoms with Gasteiger partial charge in [0, 0.05) is 10.7 Å². The van der Waals surface area contributed by atoms with E-state index in [0.29, 0.717) is 30.0 Å². The fourth-order valence-corrected chi connectivity index (χ4v) is 4.34. The molecule has 4 rings (SSSR count). The van der Waals surface area contributed by atoms with E-state index in [1.54, 1.807) is 19.2 Å². The van der Waals surface area contributed by atoms with Crippen LogP contribution in [0.4, 0.5) is 18.9 Å². The average molecular weight is 514 g/mol. The third-order valence-corrected chi connectivity index (χ3v) is 6.46. The van der Waals surface area contributed by atoms with Crippen LogP contribution in [0.25, 0.3) is 10.8 Å². The largest absolute Gasteiger partial charge is 0.497 e. The van der Waals surface area contributed by atoms with Gasteiger partial charge in [-0.25, -0.2) is 0 Å². The van der Waals surface area contributed by atoms with E-state index >= 15 is 0 Å². The lowest BCUT2D eigenvalue weighted by molar-refractivity contribution is -0.137. The second kappa shape index (κ2) is 11.2. The number of hydrogen-bond acceptors (Lipinski definition) is 3. The number of benzene rings is 4. The van der Waals surface area contributed by atoms with Crippen LogP contribution in [0.5, 0.6) is 5.75 Å². The zero-order valence-corrected chi connectivity index (χ0v) is 20.5. The molecule has 7 heteroatoms. The van der Waals surface area contributed by atoms with E-state index in [1.807, 2.05) is 42.5 Å². The van der Waals surface area contributed by atoms with Gasteiger partial charge in [-0.3, -0.25) is 0 Å². The summed E-state index contributed by atoms with van der Waals surface area (Å²) in [5, 5.41) is 16.9. The smallest absolute Gasteiger partial charge is 0.416 e. The summed E-state index contributed by atoms with van der Waals surface area (Å²) in [4.78, 5) is 0. The molecular formula is C29H27ClF3NO2. The summed E-state index contributed by atoms with van der Waals surface area (Å²) in [6.45, 7) is 0. The average Bonchev–Trinajstić information content (AvgIpc) is 2.87. The summed E-state index contributed by atoms with van der Waals surface area (Å²) in [7, 11) is 1.64. The summed E-state index contributed by atoms with van der Waals surface area (Å²) >= 11 is 6.04. The highest BCUT2D eigenvalue weighted by atomic mass is 35.5. The van der Waals surface area contributed by atoms with Gasteiger partial charge in [-0.1, -0.05) is 48.0 Å². The summed E-state index contributed by atoms with van der Waals surface area (Å²) in [6, 6.07) is 23.9. The number of alkyl halides is 3. The Labute approximate surface area is 213 Å². The number of aryl methyl sites for hydroxylation is 1. The van der Waals surface area contributed by atoms with Gasteiger partial charge < -0.3 is 15.2 Å². The van der Waals surface area contributed by atoms with E-state index in [1.165, 1.54) is 12.1 Å². The highest BCUT2D eigenvalue weighted by Gasteiger charge is 2.30. The Balaban J connectivity index is 1.44. The molecule has 188 valence electrons. The van der Waals surface area contributed by atoms with Gasteiger partial charge >= 0.3 is 6.18 Å². The van der Waals surface area contributed by atoms with Crippen molar-refractivity contribution in [2.24, 2.45) is 0 Å². The first kappa shape index (κ1) is 25.9. The standard InChI is InChI=1S/C29H27ClF3NO2/c1-36-27-15-7-21-16-19(2-4-22(21)17-27)3-14-26(35)18-28(20-5-10-24(30)11-6-20)34-25-12-8-23(9-13-25)29(31,32)33/h2,4-13,15-17,26,28,34-35H,3,14,18H2,1H3. The fraction of sp³-hybridized carbons (Fsp3) is 0.241. The van der Waals surface area contributed by atoms with Crippen LogP contribution in [0.15, 0.2) is 84.9 Å². The molecule has 4 aromatic carbocycles. The molecule has 0 bridgehead atoms. The number of methoxy groups -OCH3 is 1. The number of aliphatic hydroxyl groups excluding tert-OH is 1. The quantitative estimate of drug-likeness (QED) is 0.238. The molecule has 0 spiro atoms. The van der Waals surface area contributed by atoms with E-state index < -0.39 is 17.8 Å². The molecule has 4 aromatic rings. The van der Waals surface area contributed by atoms with Crippen LogP contribution >= 0.6 is 11.6 Å². The maximum Gasteiger partial charge on any atom is 0.416 e. The molecule has 0 fully saturated rings. The second-order valence-corrected chi connectivity index (χ2v) is 9.24. The van der Waals surface area contributed by atoms with Crippen LogP contribution in [0.1, 0.15) is 35.6 Å². The maximum atomic E-state index is 12.9. The van der Waals surface area contributed by atoms with Crippen molar-refractivity contribution < 1.29 is 23.0 Å². The zero-order chi connectivity index (χ0) is 25.7. The number of anilines is 1. The van der Waals surface area contributed by atoms with E-state index in [2.05, 4.69) is 11.4 Å². The Kier molecular flexibility index (Phi) is 8.07. The van der Waals surface area contributed by atoms with Crippen molar-refractivity contribution in [3.05, 3.63) is 107 Å². The van der Waals surface area contributed by atoms with Crippen molar-refractivity contribution in [2.75, 3.05) is 12.4 Å². The highest BCUT2D eigenvalue weighted by Crippen LogP contribution is 2.32. The van der Waals surface area contributed by atoms with Crippen LogP contribution in [-0.2, 0) is 12.6 Å². The summed E-state index contributed by atoms with van der Waals surface area (Å²) in [5.74, 6) is 0.805. The Hall–Kier alpha value is -3.22. The molecule has 0 radical (unpaired) electrons. The molecule has 0 saturated carbocycles. The first-order chi connectivity index (χ1) is 17.2. The van der Waals surface area contributed by atoms with Gasteiger partial charge in [0.25, 0.3) is 0 Å². The summed E-state index contributed by atoms with van der Waals surface area (Å²) < 4.78 is 44.1. The molecule has 0 heterocycles. The van der Waals surface area contributed by atoms with Crippen LogP contribution < -0.4 is 10.1 Å². The SMILES string of the molecule is COc1ccc2cc(CCC(O)CC(Nc3ccc(C(F)(F)F)cc3)c3ccc(Cl)cc3)ccc2c1. The summed E-state index contributed by atoms with van der Waals surface area (Å²) in [5.41, 5.74) is 1.84. The Morgan fingerprint density at radius 2 is 1.56 bits per heavy atom. The van der Waals surface area contributed by atoms with Crippen molar-refractivity contribution in [3.63, 3.8) is 0 Å². The number of ether oxygens (including phenoxy) is 1. The first-order valence-electron chi connectivity index (χ1n) is 11.7. The van der Waals surface area contributed by atoms with Crippen molar-refractivity contribution in [1.29, 1.82) is 0 Å². The van der Waals surface area contributed by atoms with Gasteiger partial charge in [-0.05, 0) is 89.7 Å². The van der Waals surface area contributed by atoms with Gasteiger partial charge in [0.2, 0.25) is 0 Å². The molecule has 0 aliphatic rings. The molecule has 3 nitrogen and oxygen atoms in total. The Morgan fingerprint density at radius 3 is 2.22 bits per heavy atom. The molecule has 0 aromatic heterocycles. The van der Waals surface area contributed by atoms with Crippen molar-refractivity contribution in [2.45, 2.75) is 37.6 Å². The summed E-state index contributed by atoms with van der Waals surface area (Å²) in [6.07, 6.45) is -3.40. The normalized spacial score (nSPS) is 13.4. The lowest BCUT2D eigenvalue weighted by Crippen LogP contribution is -2.19. The predicted octanol–water partition coefficient (Wildman–Crippen LogP) is 8.06. The minimum atomic E-state index is -4.39. The molecular weight excluding hydrogens is 487 g/mol.